The number of hydrogen-bond donors (Lipinski definition) is 2. The van der Waals surface area contributed by atoms with Gasteiger partial charge in [0.05, 0.1) is 16.8 Å². The zero-order valence-electron chi connectivity index (χ0n) is 13.2. The Morgan fingerprint density at radius 1 is 1.36 bits per heavy atom. The van der Waals surface area contributed by atoms with Gasteiger partial charge in [0, 0.05) is 29.7 Å². The molecule has 25 heavy (non-hydrogen) atoms. The maximum atomic E-state index is 11.9. The number of non-ortho nitro benzene ring substituents is 1. The fourth-order valence-corrected chi connectivity index (χ4v) is 2.22. The standard InChI is InChI=1S/C16H14N6O3/c1-11-9-15(19-18-11)16(23)20-17-10-14-3-2-8-21(14)12-4-6-13(7-5-12)22(24)25/h2-10H,1H3,(H,18,19)(H,20,23). The number of nitrogens with zero attached hydrogens (tertiary/aromatic N) is 4. The minimum absolute atomic E-state index is 0.0210. The average molecular weight is 338 g/mol. The number of hydrogen-bond acceptors (Lipinski definition) is 5. The fourth-order valence-electron chi connectivity index (χ4n) is 2.22. The summed E-state index contributed by atoms with van der Waals surface area (Å²) in [6.07, 6.45) is 3.28. The molecule has 1 amide bonds. The molecule has 0 aliphatic heterocycles. The average Bonchev–Trinajstić information content (AvgIpc) is 3.24. The number of hydrazone groups is 1. The third-order valence-corrected chi connectivity index (χ3v) is 3.42. The van der Waals surface area contributed by atoms with Gasteiger partial charge < -0.3 is 4.57 Å². The van der Waals surface area contributed by atoms with Gasteiger partial charge in [-0.15, -0.1) is 0 Å². The summed E-state index contributed by atoms with van der Waals surface area (Å²) in [5, 5.41) is 21.2. The molecule has 0 radical (unpaired) electrons. The Kier molecular flexibility index (Phi) is 4.38. The van der Waals surface area contributed by atoms with Crippen molar-refractivity contribution < 1.29 is 9.72 Å². The number of aryl methyl sites for hydroxylation is 1. The highest BCUT2D eigenvalue weighted by Crippen LogP contribution is 2.16. The Morgan fingerprint density at radius 2 is 2.12 bits per heavy atom. The normalized spacial score (nSPS) is 10.9. The van der Waals surface area contributed by atoms with Gasteiger partial charge in [0.15, 0.2) is 5.69 Å². The molecule has 2 heterocycles. The lowest BCUT2D eigenvalue weighted by Crippen LogP contribution is -2.18. The number of aromatic amines is 1. The molecule has 2 N–H and O–H groups in total. The number of carbonyl (C=O) groups excluding carboxylic acids is 1. The summed E-state index contributed by atoms with van der Waals surface area (Å²) in [4.78, 5) is 22.1. The molecule has 9 nitrogen and oxygen atoms in total. The molecule has 126 valence electrons. The number of carbonyl (C=O) groups is 1. The highest BCUT2D eigenvalue weighted by molar-refractivity contribution is 5.93. The summed E-state index contributed by atoms with van der Waals surface area (Å²) in [6.45, 7) is 1.80. The zero-order chi connectivity index (χ0) is 17.8. The Bertz CT molecular complexity index is 939. The second-order valence-corrected chi connectivity index (χ2v) is 5.21. The van der Waals surface area contributed by atoms with Gasteiger partial charge in [0.25, 0.3) is 11.6 Å². The third-order valence-electron chi connectivity index (χ3n) is 3.42. The minimum Gasteiger partial charge on any atom is -0.316 e. The smallest absolute Gasteiger partial charge is 0.291 e. The van der Waals surface area contributed by atoms with E-state index in [4.69, 9.17) is 0 Å². The topological polar surface area (TPSA) is 118 Å². The van der Waals surface area contributed by atoms with Gasteiger partial charge in [0.2, 0.25) is 0 Å². The van der Waals surface area contributed by atoms with Gasteiger partial charge in [0.1, 0.15) is 0 Å². The summed E-state index contributed by atoms with van der Waals surface area (Å²) < 4.78 is 1.79. The maximum absolute atomic E-state index is 11.9. The highest BCUT2D eigenvalue weighted by atomic mass is 16.6. The number of nitro benzene ring substituents is 1. The number of aromatic nitrogens is 3. The molecule has 0 unspecified atom stereocenters. The molecule has 0 atom stereocenters. The van der Waals surface area contributed by atoms with Gasteiger partial charge in [-0.05, 0) is 37.3 Å². The van der Waals surface area contributed by atoms with Gasteiger partial charge >= 0.3 is 0 Å². The van der Waals surface area contributed by atoms with Crippen LogP contribution in [0.5, 0.6) is 0 Å². The van der Waals surface area contributed by atoms with Crippen molar-refractivity contribution in [3.05, 3.63) is 75.9 Å². The Labute approximate surface area is 142 Å². The van der Waals surface area contributed by atoms with E-state index in [1.165, 1.54) is 18.3 Å². The molecule has 1 aromatic carbocycles. The quantitative estimate of drug-likeness (QED) is 0.421. The molecule has 0 bridgehead atoms. The van der Waals surface area contributed by atoms with Crippen molar-refractivity contribution >= 4 is 17.8 Å². The lowest BCUT2D eigenvalue weighted by Gasteiger charge is -2.05. The number of benzene rings is 1. The number of rotatable bonds is 5. The first-order chi connectivity index (χ1) is 12.0. The van der Waals surface area contributed by atoms with Crippen LogP contribution in [0.2, 0.25) is 0 Å². The number of nitro groups is 1. The minimum atomic E-state index is -0.450. The largest absolute Gasteiger partial charge is 0.316 e. The molecule has 0 fully saturated rings. The van der Waals surface area contributed by atoms with Crippen LogP contribution in [0.25, 0.3) is 5.69 Å². The molecular weight excluding hydrogens is 324 g/mol. The van der Waals surface area contributed by atoms with E-state index in [9.17, 15) is 14.9 Å². The van der Waals surface area contributed by atoms with E-state index in [1.54, 1.807) is 42.0 Å². The van der Waals surface area contributed by atoms with Crippen LogP contribution in [-0.2, 0) is 0 Å². The van der Waals surface area contributed by atoms with E-state index < -0.39 is 10.8 Å². The summed E-state index contributed by atoms with van der Waals surface area (Å²) in [5.41, 5.74) is 4.89. The van der Waals surface area contributed by atoms with E-state index in [0.29, 0.717) is 5.69 Å². The van der Waals surface area contributed by atoms with Crippen molar-refractivity contribution in [3.8, 4) is 5.69 Å². The zero-order valence-corrected chi connectivity index (χ0v) is 13.2. The summed E-state index contributed by atoms with van der Waals surface area (Å²) >= 11 is 0. The Hall–Kier alpha value is -3.75. The number of nitrogens with one attached hydrogen (secondary N) is 2. The van der Waals surface area contributed by atoms with Crippen molar-refractivity contribution in [3.63, 3.8) is 0 Å². The van der Waals surface area contributed by atoms with Crippen LogP contribution in [-0.4, -0.2) is 31.8 Å². The number of H-pyrrole nitrogens is 1. The summed E-state index contributed by atoms with van der Waals surface area (Å²) in [5.74, 6) is -0.422. The van der Waals surface area contributed by atoms with Crippen LogP contribution in [0.4, 0.5) is 5.69 Å². The molecular formula is C16H14N6O3. The third kappa shape index (κ3) is 3.61. The van der Waals surface area contributed by atoms with Crippen LogP contribution < -0.4 is 5.43 Å². The lowest BCUT2D eigenvalue weighted by atomic mass is 10.3. The fraction of sp³-hybridized carbons (Fsp3) is 0.0625. The van der Waals surface area contributed by atoms with Crippen molar-refractivity contribution in [2.24, 2.45) is 5.10 Å². The second-order valence-electron chi connectivity index (χ2n) is 5.21. The predicted molar refractivity (Wildman–Crippen MR) is 90.8 cm³/mol. The van der Waals surface area contributed by atoms with Crippen molar-refractivity contribution in [2.45, 2.75) is 6.92 Å². The van der Waals surface area contributed by atoms with E-state index in [0.717, 1.165) is 11.4 Å². The van der Waals surface area contributed by atoms with Crippen LogP contribution in [0.1, 0.15) is 21.9 Å². The highest BCUT2D eigenvalue weighted by Gasteiger charge is 2.08. The first-order valence-electron chi connectivity index (χ1n) is 7.32. The lowest BCUT2D eigenvalue weighted by molar-refractivity contribution is -0.384. The molecule has 3 aromatic rings. The van der Waals surface area contributed by atoms with Crippen LogP contribution in [0.15, 0.2) is 53.8 Å². The molecule has 3 rings (SSSR count). The SMILES string of the molecule is Cc1cc(C(=O)NN=Cc2cccn2-c2ccc([N+](=O)[O-])cc2)n[nH]1. The molecule has 9 heteroatoms. The Balaban J connectivity index is 1.73. The van der Waals surface area contributed by atoms with Crippen molar-refractivity contribution in [1.82, 2.24) is 20.2 Å². The van der Waals surface area contributed by atoms with E-state index in [2.05, 4.69) is 20.7 Å². The Morgan fingerprint density at radius 3 is 2.76 bits per heavy atom. The second kappa shape index (κ2) is 6.79. The molecule has 0 saturated carbocycles. The maximum Gasteiger partial charge on any atom is 0.291 e. The van der Waals surface area contributed by atoms with Gasteiger partial charge in [-0.3, -0.25) is 20.0 Å². The number of amides is 1. The summed E-state index contributed by atoms with van der Waals surface area (Å²) in [7, 11) is 0. The predicted octanol–water partition coefficient (Wildman–Crippen LogP) is 2.18. The van der Waals surface area contributed by atoms with Crippen LogP contribution in [0.3, 0.4) is 0 Å². The molecule has 0 aliphatic rings. The van der Waals surface area contributed by atoms with Crippen molar-refractivity contribution in [2.75, 3.05) is 0 Å². The van der Waals surface area contributed by atoms with Crippen LogP contribution >= 0.6 is 0 Å². The van der Waals surface area contributed by atoms with Gasteiger partial charge in [-0.25, -0.2) is 5.43 Å². The van der Waals surface area contributed by atoms with Gasteiger partial charge in [-0.1, -0.05) is 0 Å². The molecule has 0 spiro atoms. The monoisotopic (exact) mass is 338 g/mol. The summed E-state index contributed by atoms with van der Waals surface area (Å²) in [6, 6.07) is 11.4. The molecule has 0 aliphatic carbocycles. The molecule has 0 saturated heterocycles. The van der Waals surface area contributed by atoms with Gasteiger partial charge in [-0.2, -0.15) is 10.2 Å². The van der Waals surface area contributed by atoms with Crippen LogP contribution in [0, 0.1) is 17.0 Å². The first kappa shape index (κ1) is 16.1. The molecule has 2 aromatic heterocycles. The van der Waals surface area contributed by atoms with E-state index in [-0.39, 0.29) is 11.4 Å². The first-order valence-corrected chi connectivity index (χ1v) is 7.32. The van der Waals surface area contributed by atoms with Crippen molar-refractivity contribution in [1.29, 1.82) is 0 Å². The van der Waals surface area contributed by atoms with E-state index >= 15 is 0 Å². The van der Waals surface area contributed by atoms with E-state index in [1.807, 2.05) is 6.07 Å².